The summed E-state index contributed by atoms with van der Waals surface area (Å²) < 4.78 is 17.5. The van der Waals surface area contributed by atoms with Crippen LogP contribution in [0, 0.1) is 0 Å². The highest BCUT2D eigenvalue weighted by atomic mass is 16.6. The van der Waals surface area contributed by atoms with Gasteiger partial charge in [0.2, 0.25) is 12.0 Å². The largest absolute Gasteiger partial charge is 0.493 e. The maximum Gasteiger partial charge on any atom is 0.326 e. The molecule has 0 spiro atoms. The lowest BCUT2D eigenvalue weighted by molar-refractivity contribution is -0.143. The Balaban J connectivity index is 1.59. The van der Waals surface area contributed by atoms with Crippen molar-refractivity contribution in [1.29, 1.82) is 0 Å². The van der Waals surface area contributed by atoms with Gasteiger partial charge in [0.25, 0.3) is 0 Å². The van der Waals surface area contributed by atoms with Crippen molar-refractivity contribution in [3.63, 3.8) is 0 Å². The minimum Gasteiger partial charge on any atom is -0.493 e. The van der Waals surface area contributed by atoms with Gasteiger partial charge in [0, 0.05) is 5.39 Å². The van der Waals surface area contributed by atoms with Crippen molar-refractivity contribution in [1.82, 2.24) is 4.57 Å². The molecule has 0 saturated heterocycles. The highest BCUT2D eigenvalue weighted by Gasteiger charge is 2.28. The van der Waals surface area contributed by atoms with Crippen LogP contribution in [0.25, 0.3) is 10.9 Å². The first-order chi connectivity index (χ1) is 14.6. The Morgan fingerprint density at radius 2 is 1.90 bits per heavy atom. The molecule has 30 heavy (non-hydrogen) atoms. The lowest BCUT2D eigenvalue weighted by Gasteiger charge is -2.23. The van der Waals surface area contributed by atoms with E-state index >= 15 is 0 Å². The van der Waals surface area contributed by atoms with Gasteiger partial charge in [-0.05, 0) is 25.1 Å². The molecule has 9 heteroatoms. The average molecular weight is 409 g/mol. The van der Waals surface area contributed by atoms with Gasteiger partial charge in [-0.2, -0.15) is 0 Å². The van der Waals surface area contributed by atoms with E-state index in [1.165, 1.54) is 4.57 Å². The van der Waals surface area contributed by atoms with Crippen LogP contribution < -0.4 is 9.47 Å². The monoisotopic (exact) mass is 409 g/mol. The van der Waals surface area contributed by atoms with Gasteiger partial charge < -0.3 is 19.3 Å². The van der Waals surface area contributed by atoms with Crippen LogP contribution in [0.3, 0.4) is 0 Å². The van der Waals surface area contributed by atoms with Crippen molar-refractivity contribution in [3.8, 4) is 17.4 Å². The SMILES string of the molecule is CCOC(=O)Cn1c(O)c(N=NC(=O)C2COc3ccccc3O2)c2ccccc21. The van der Waals surface area contributed by atoms with Crippen LogP contribution >= 0.6 is 0 Å². The molecular weight excluding hydrogens is 390 g/mol. The van der Waals surface area contributed by atoms with E-state index in [0.29, 0.717) is 22.4 Å². The number of hydrogen-bond acceptors (Lipinski definition) is 7. The van der Waals surface area contributed by atoms with E-state index in [-0.39, 0.29) is 31.3 Å². The Morgan fingerprint density at radius 3 is 2.70 bits per heavy atom. The van der Waals surface area contributed by atoms with E-state index < -0.39 is 18.0 Å². The molecule has 2 heterocycles. The van der Waals surface area contributed by atoms with Crippen molar-refractivity contribution < 1.29 is 28.9 Å². The van der Waals surface area contributed by atoms with Crippen LogP contribution in [-0.2, 0) is 20.9 Å². The fraction of sp³-hybridized carbons (Fsp3) is 0.238. The standard InChI is InChI=1S/C21H19N3O6/c1-2-28-18(25)11-24-14-8-4-3-7-13(14)19(21(24)27)22-23-20(26)17-12-29-15-9-5-6-10-16(15)30-17/h3-10,17,27H,2,11-12H2,1H3. The minimum atomic E-state index is -0.946. The maximum absolute atomic E-state index is 12.5. The number of ether oxygens (including phenoxy) is 3. The lowest BCUT2D eigenvalue weighted by atomic mass is 10.2. The number of hydrogen-bond donors (Lipinski definition) is 1. The van der Waals surface area contributed by atoms with E-state index in [4.69, 9.17) is 14.2 Å². The lowest BCUT2D eigenvalue weighted by Crippen LogP contribution is -2.35. The molecular formula is C21H19N3O6. The first kappa shape index (κ1) is 19.4. The third kappa shape index (κ3) is 3.69. The summed E-state index contributed by atoms with van der Waals surface area (Å²) in [4.78, 5) is 24.4. The van der Waals surface area contributed by atoms with Gasteiger partial charge in [-0.3, -0.25) is 14.2 Å². The summed E-state index contributed by atoms with van der Waals surface area (Å²) in [6.45, 7) is 1.74. The normalized spacial score (nSPS) is 15.4. The molecule has 2 aromatic carbocycles. The molecule has 1 aromatic heterocycles. The molecule has 1 atom stereocenters. The molecule has 1 aliphatic heterocycles. The smallest absolute Gasteiger partial charge is 0.326 e. The quantitative estimate of drug-likeness (QED) is 0.511. The van der Waals surface area contributed by atoms with Crippen molar-refractivity contribution in [2.24, 2.45) is 10.2 Å². The first-order valence-electron chi connectivity index (χ1n) is 9.38. The number of aromatic hydroxyl groups is 1. The molecule has 0 fully saturated rings. The Kier molecular flexibility index (Phi) is 5.34. The molecule has 4 rings (SSSR count). The topological polar surface area (TPSA) is 112 Å². The highest BCUT2D eigenvalue weighted by molar-refractivity contribution is 5.96. The van der Waals surface area contributed by atoms with Gasteiger partial charge in [-0.25, -0.2) is 0 Å². The first-order valence-corrected chi connectivity index (χ1v) is 9.38. The zero-order chi connectivity index (χ0) is 21.1. The zero-order valence-electron chi connectivity index (χ0n) is 16.1. The molecule has 1 unspecified atom stereocenters. The van der Waals surface area contributed by atoms with Crippen molar-refractivity contribution in [3.05, 3.63) is 48.5 Å². The Hall–Kier alpha value is -3.88. The fourth-order valence-corrected chi connectivity index (χ4v) is 3.17. The third-order valence-corrected chi connectivity index (χ3v) is 4.54. The Bertz CT molecular complexity index is 1140. The number of nitrogens with zero attached hydrogens (tertiary/aromatic N) is 3. The van der Waals surface area contributed by atoms with Crippen molar-refractivity contribution in [2.75, 3.05) is 13.2 Å². The van der Waals surface area contributed by atoms with E-state index in [1.54, 1.807) is 55.5 Å². The maximum atomic E-state index is 12.5. The van der Waals surface area contributed by atoms with Crippen molar-refractivity contribution in [2.45, 2.75) is 19.6 Å². The third-order valence-electron chi connectivity index (χ3n) is 4.54. The van der Waals surface area contributed by atoms with Gasteiger partial charge in [-0.1, -0.05) is 30.3 Å². The number of carbonyl (C=O) groups is 2. The second kappa shape index (κ2) is 8.24. The number of azo groups is 1. The number of fused-ring (bicyclic) bond motifs is 2. The molecule has 1 aliphatic rings. The summed E-state index contributed by atoms with van der Waals surface area (Å²) >= 11 is 0. The average Bonchev–Trinajstić information content (AvgIpc) is 3.03. The number of carbonyl (C=O) groups excluding carboxylic acids is 2. The summed E-state index contributed by atoms with van der Waals surface area (Å²) in [5, 5.41) is 18.8. The van der Waals surface area contributed by atoms with Crippen LogP contribution in [0.15, 0.2) is 58.8 Å². The number of esters is 1. The summed E-state index contributed by atoms with van der Waals surface area (Å²) in [6, 6.07) is 14.0. The van der Waals surface area contributed by atoms with E-state index in [9.17, 15) is 14.7 Å². The minimum absolute atomic E-state index is 0.00542. The molecule has 3 aromatic rings. The van der Waals surface area contributed by atoms with Gasteiger partial charge in [0.1, 0.15) is 13.2 Å². The Morgan fingerprint density at radius 1 is 1.17 bits per heavy atom. The second-order valence-corrected chi connectivity index (χ2v) is 6.48. The van der Waals surface area contributed by atoms with E-state index in [0.717, 1.165) is 0 Å². The molecule has 0 radical (unpaired) electrons. The van der Waals surface area contributed by atoms with Gasteiger partial charge in [0.05, 0.1) is 12.1 Å². The molecule has 1 amide bonds. The predicted octanol–water partition coefficient (Wildman–Crippen LogP) is 3.36. The second-order valence-electron chi connectivity index (χ2n) is 6.48. The number of para-hydroxylation sites is 3. The van der Waals surface area contributed by atoms with Crippen LogP contribution in [0.4, 0.5) is 5.69 Å². The molecule has 9 nitrogen and oxygen atoms in total. The Labute approximate surface area is 171 Å². The van der Waals surface area contributed by atoms with Gasteiger partial charge >= 0.3 is 11.9 Å². The van der Waals surface area contributed by atoms with Crippen molar-refractivity contribution >= 4 is 28.5 Å². The summed E-state index contributed by atoms with van der Waals surface area (Å²) in [7, 11) is 0. The van der Waals surface area contributed by atoms with Gasteiger partial charge in [-0.15, -0.1) is 10.2 Å². The number of aromatic nitrogens is 1. The molecule has 0 saturated carbocycles. The molecule has 1 N–H and O–H groups in total. The predicted molar refractivity (Wildman–Crippen MR) is 106 cm³/mol. The van der Waals surface area contributed by atoms with Crippen LogP contribution in [0.1, 0.15) is 6.92 Å². The van der Waals surface area contributed by atoms with Gasteiger partial charge in [0.15, 0.2) is 17.2 Å². The van der Waals surface area contributed by atoms with Crippen LogP contribution in [0.5, 0.6) is 17.4 Å². The summed E-state index contributed by atoms with van der Waals surface area (Å²) in [6.07, 6.45) is -0.946. The molecule has 0 bridgehead atoms. The van der Waals surface area contributed by atoms with E-state index in [1.807, 2.05) is 0 Å². The number of benzene rings is 2. The molecule has 0 aliphatic carbocycles. The summed E-state index contributed by atoms with van der Waals surface area (Å²) in [5.74, 6) is -0.429. The summed E-state index contributed by atoms with van der Waals surface area (Å²) in [5.41, 5.74) is 0.649. The molecule has 154 valence electrons. The van der Waals surface area contributed by atoms with Crippen LogP contribution in [0.2, 0.25) is 0 Å². The highest BCUT2D eigenvalue weighted by Crippen LogP contribution is 2.39. The zero-order valence-corrected chi connectivity index (χ0v) is 16.1. The number of amides is 1. The number of rotatable bonds is 5. The van der Waals surface area contributed by atoms with Crippen LogP contribution in [-0.4, -0.2) is 40.9 Å². The van der Waals surface area contributed by atoms with E-state index in [2.05, 4.69) is 10.2 Å². The fourth-order valence-electron chi connectivity index (χ4n) is 3.17.